The smallest absolute Gasteiger partial charge is 0.284 e. The van der Waals surface area contributed by atoms with Crippen molar-refractivity contribution < 1.29 is 13.6 Å². The van der Waals surface area contributed by atoms with Gasteiger partial charge in [-0.25, -0.2) is 0 Å². The number of rotatable bonds is 6. The molecule has 24 heavy (non-hydrogen) atoms. The minimum Gasteiger partial charge on any atom is -0.459 e. The number of anilines is 1. The van der Waals surface area contributed by atoms with E-state index in [1.165, 1.54) is 18.0 Å². The summed E-state index contributed by atoms with van der Waals surface area (Å²) < 4.78 is 10.8. The summed E-state index contributed by atoms with van der Waals surface area (Å²) in [6.45, 7) is 4.37. The van der Waals surface area contributed by atoms with Gasteiger partial charge in [-0.15, -0.1) is 10.2 Å². The average Bonchev–Trinajstić information content (AvgIpc) is 3.27. The molecule has 0 saturated carbocycles. The van der Waals surface area contributed by atoms with Gasteiger partial charge < -0.3 is 13.7 Å². The second kappa shape index (κ2) is 7.35. The number of aromatic nitrogens is 2. The Morgan fingerprint density at radius 1 is 1.21 bits per heavy atom. The van der Waals surface area contributed by atoms with Gasteiger partial charge in [-0.3, -0.25) is 4.79 Å². The number of hydrogen-bond donors (Lipinski definition) is 0. The molecular weight excluding hydrogens is 326 g/mol. The fraction of sp³-hybridized carbons (Fsp3) is 0.235. The molecule has 0 saturated heterocycles. The van der Waals surface area contributed by atoms with E-state index in [4.69, 9.17) is 8.83 Å². The van der Waals surface area contributed by atoms with Crippen LogP contribution in [0.2, 0.25) is 0 Å². The summed E-state index contributed by atoms with van der Waals surface area (Å²) in [5.41, 5.74) is 0.874. The Hall–Kier alpha value is -2.54. The maximum absolute atomic E-state index is 12.7. The Balaban J connectivity index is 1.70. The third kappa shape index (κ3) is 3.51. The predicted molar refractivity (Wildman–Crippen MR) is 91.8 cm³/mol. The number of hydrogen-bond acceptors (Lipinski definition) is 6. The lowest BCUT2D eigenvalue weighted by atomic mass is 10.2. The minimum absolute atomic E-state index is 0.00792. The number of carbonyl (C=O) groups excluding carboxylic acids is 1. The van der Waals surface area contributed by atoms with Crippen molar-refractivity contribution in [3.63, 3.8) is 0 Å². The van der Waals surface area contributed by atoms with Gasteiger partial charge in [0.2, 0.25) is 5.91 Å². The summed E-state index contributed by atoms with van der Waals surface area (Å²) in [6.07, 6.45) is 1.54. The van der Waals surface area contributed by atoms with E-state index in [1.54, 1.807) is 17.0 Å². The summed E-state index contributed by atoms with van der Waals surface area (Å²) in [6, 6.07) is 13.1. The molecule has 7 heteroatoms. The van der Waals surface area contributed by atoms with Crippen LogP contribution in [0.1, 0.15) is 13.8 Å². The first kappa shape index (κ1) is 16.3. The van der Waals surface area contributed by atoms with Gasteiger partial charge in [-0.1, -0.05) is 30.0 Å². The first-order chi connectivity index (χ1) is 11.7. The molecule has 6 nitrogen and oxygen atoms in total. The van der Waals surface area contributed by atoms with Crippen molar-refractivity contribution in [3.05, 3.63) is 48.7 Å². The maximum atomic E-state index is 12.7. The molecule has 0 bridgehead atoms. The summed E-state index contributed by atoms with van der Waals surface area (Å²) >= 11 is 1.23. The zero-order valence-electron chi connectivity index (χ0n) is 13.4. The zero-order valence-corrected chi connectivity index (χ0v) is 14.2. The highest BCUT2D eigenvalue weighted by Crippen LogP contribution is 2.28. The van der Waals surface area contributed by atoms with Crippen LogP contribution in [0.25, 0.3) is 11.7 Å². The Labute approximate surface area is 143 Å². The highest BCUT2D eigenvalue weighted by Gasteiger charge is 2.24. The SMILES string of the molecule is CCN(C(=O)[C@H](C)Sc1nnc(-c2ccco2)o1)c1ccccc1. The highest BCUT2D eigenvalue weighted by atomic mass is 32.2. The molecule has 1 aromatic carbocycles. The van der Waals surface area contributed by atoms with Crippen molar-refractivity contribution in [3.8, 4) is 11.7 Å². The van der Waals surface area contributed by atoms with Crippen LogP contribution in [0.15, 0.2) is 62.8 Å². The van der Waals surface area contributed by atoms with Crippen molar-refractivity contribution in [1.29, 1.82) is 0 Å². The summed E-state index contributed by atoms with van der Waals surface area (Å²) in [4.78, 5) is 14.4. The standard InChI is InChI=1S/C17H17N3O3S/c1-3-20(13-8-5-4-6-9-13)16(21)12(2)24-17-19-18-15(23-17)14-10-7-11-22-14/h4-12H,3H2,1-2H3/t12-/m0/s1. The molecule has 124 valence electrons. The van der Waals surface area contributed by atoms with E-state index in [0.29, 0.717) is 23.4 Å². The Kier molecular flexibility index (Phi) is 5.00. The van der Waals surface area contributed by atoms with Gasteiger partial charge in [0.25, 0.3) is 11.1 Å². The van der Waals surface area contributed by atoms with Crippen LogP contribution in [0.5, 0.6) is 0 Å². The molecule has 0 fully saturated rings. The van der Waals surface area contributed by atoms with Crippen LogP contribution in [-0.4, -0.2) is 27.9 Å². The molecule has 2 aromatic heterocycles. The number of nitrogens with zero attached hydrogens (tertiary/aromatic N) is 3. The van der Waals surface area contributed by atoms with Crippen LogP contribution in [-0.2, 0) is 4.79 Å². The van der Waals surface area contributed by atoms with Crippen molar-refractivity contribution in [1.82, 2.24) is 10.2 Å². The largest absolute Gasteiger partial charge is 0.459 e. The molecule has 0 unspecified atom stereocenters. The second-order valence-electron chi connectivity index (χ2n) is 5.03. The number of benzene rings is 1. The molecule has 0 spiro atoms. The van der Waals surface area contributed by atoms with E-state index in [9.17, 15) is 4.79 Å². The van der Waals surface area contributed by atoms with Crippen molar-refractivity contribution in [2.45, 2.75) is 24.3 Å². The molecule has 0 aliphatic carbocycles. The lowest BCUT2D eigenvalue weighted by molar-refractivity contribution is -0.117. The van der Waals surface area contributed by atoms with E-state index in [2.05, 4.69) is 10.2 Å². The number of carbonyl (C=O) groups is 1. The van der Waals surface area contributed by atoms with Gasteiger partial charge in [0.15, 0.2) is 5.76 Å². The van der Waals surface area contributed by atoms with E-state index >= 15 is 0 Å². The quantitative estimate of drug-likeness (QED) is 0.633. The topological polar surface area (TPSA) is 72.4 Å². The third-order valence-corrected chi connectivity index (χ3v) is 4.34. The lowest BCUT2D eigenvalue weighted by Gasteiger charge is -2.23. The number of furan rings is 1. The molecule has 3 aromatic rings. The van der Waals surface area contributed by atoms with Gasteiger partial charge in [0.05, 0.1) is 11.5 Å². The molecule has 0 aliphatic rings. The Morgan fingerprint density at radius 3 is 2.67 bits per heavy atom. The Morgan fingerprint density at radius 2 is 2.00 bits per heavy atom. The van der Waals surface area contributed by atoms with Crippen LogP contribution in [0, 0.1) is 0 Å². The van der Waals surface area contributed by atoms with E-state index in [1.807, 2.05) is 44.2 Å². The summed E-state index contributed by atoms with van der Waals surface area (Å²) in [7, 11) is 0. The van der Waals surface area contributed by atoms with E-state index in [-0.39, 0.29) is 11.2 Å². The molecule has 1 atom stereocenters. The van der Waals surface area contributed by atoms with Gasteiger partial charge >= 0.3 is 0 Å². The highest BCUT2D eigenvalue weighted by molar-refractivity contribution is 8.00. The Bertz CT molecular complexity index is 787. The first-order valence-corrected chi connectivity index (χ1v) is 8.47. The average molecular weight is 343 g/mol. The third-order valence-electron chi connectivity index (χ3n) is 3.41. The van der Waals surface area contributed by atoms with Crippen molar-refractivity contribution in [2.24, 2.45) is 0 Å². The fourth-order valence-corrected chi connectivity index (χ4v) is 3.00. The minimum atomic E-state index is -0.352. The lowest BCUT2D eigenvalue weighted by Crippen LogP contribution is -2.36. The van der Waals surface area contributed by atoms with Crippen LogP contribution in [0.4, 0.5) is 5.69 Å². The van der Waals surface area contributed by atoms with Crippen LogP contribution < -0.4 is 4.90 Å². The van der Waals surface area contributed by atoms with Gasteiger partial charge in [-0.2, -0.15) is 0 Å². The van der Waals surface area contributed by atoms with Crippen molar-refractivity contribution in [2.75, 3.05) is 11.4 Å². The number of amides is 1. The van der Waals surface area contributed by atoms with Gasteiger partial charge in [0, 0.05) is 12.2 Å². The van der Waals surface area contributed by atoms with Crippen molar-refractivity contribution >= 4 is 23.4 Å². The fourth-order valence-electron chi connectivity index (χ4n) is 2.25. The molecule has 1 amide bonds. The van der Waals surface area contributed by atoms with E-state index < -0.39 is 0 Å². The summed E-state index contributed by atoms with van der Waals surface area (Å²) in [5.74, 6) is 0.803. The predicted octanol–water partition coefficient (Wildman–Crippen LogP) is 3.86. The van der Waals surface area contributed by atoms with Crippen LogP contribution in [0.3, 0.4) is 0 Å². The molecule has 2 heterocycles. The number of thioether (sulfide) groups is 1. The first-order valence-electron chi connectivity index (χ1n) is 7.59. The van der Waals surface area contributed by atoms with E-state index in [0.717, 1.165) is 5.69 Å². The summed E-state index contributed by atoms with van der Waals surface area (Å²) in [5, 5.41) is 7.89. The molecular formula is C17H17N3O3S. The molecule has 0 aliphatic heterocycles. The maximum Gasteiger partial charge on any atom is 0.284 e. The number of para-hydroxylation sites is 1. The van der Waals surface area contributed by atoms with Gasteiger partial charge in [-0.05, 0) is 38.1 Å². The molecule has 0 N–H and O–H groups in total. The zero-order chi connectivity index (χ0) is 16.9. The van der Waals surface area contributed by atoms with Gasteiger partial charge in [0.1, 0.15) is 0 Å². The van der Waals surface area contributed by atoms with Crippen LogP contribution >= 0.6 is 11.8 Å². The second-order valence-corrected chi connectivity index (χ2v) is 6.32. The monoisotopic (exact) mass is 343 g/mol. The molecule has 3 rings (SSSR count). The normalized spacial score (nSPS) is 12.1. The molecule has 0 radical (unpaired) electrons.